The van der Waals surface area contributed by atoms with Gasteiger partial charge in [-0.05, 0) is 24.1 Å². The highest BCUT2D eigenvalue weighted by atomic mass is 16.6. The second-order valence-corrected chi connectivity index (χ2v) is 7.60. The van der Waals surface area contributed by atoms with Gasteiger partial charge in [-0.3, -0.25) is 14.4 Å². The monoisotopic (exact) mass is 385 g/mol. The third kappa shape index (κ3) is 2.95. The Kier molecular flexibility index (Phi) is 4.40. The van der Waals surface area contributed by atoms with E-state index in [9.17, 15) is 14.4 Å². The summed E-state index contributed by atoms with van der Waals surface area (Å²) in [5, 5.41) is 0. The first-order valence-corrected chi connectivity index (χ1v) is 9.43. The summed E-state index contributed by atoms with van der Waals surface area (Å²) in [6, 6.07) is 3.62. The van der Waals surface area contributed by atoms with E-state index < -0.39 is 11.4 Å². The minimum Gasteiger partial charge on any atom is -0.485 e. The van der Waals surface area contributed by atoms with Crippen molar-refractivity contribution >= 4 is 17.8 Å². The predicted molar refractivity (Wildman–Crippen MR) is 98.9 cm³/mol. The lowest BCUT2D eigenvalue weighted by Gasteiger charge is -2.36. The number of benzene rings is 1. The molecule has 7 nitrogen and oxygen atoms in total. The fourth-order valence-electron chi connectivity index (χ4n) is 4.57. The van der Waals surface area contributed by atoms with Gasteiger partial charge in [-0.25, -0.2) is 0 Å². The number of hydrogen-bond donors (Lipinski definition) is 0. The van der Waals surface area contributed by atoms with Gasteiger partial charge in [0.15, 0.2) is 11.5 Å². The van der Waals surface area contributed by atoms with Gasteiger partial charge in [0.25, 0.3) is 0 Å². The van der Waals surface area contributed by atoms with E-state index in [1.807, 2.05) is 23.1 Å². The molecule has 0 unspecified atom stereocenters. The molecular weight excluding hydrogens is 362 g/mol. The zero-order valence-electron chi connectivity index (χ0n) is 16.2. The predicted octanol–water partition coefficient (Wildman–Crippen LogP) is 2.25. The summed E-state index contributed by atoms with van der Waals surface area (Å²) in [4.78, 5) is 36.8. The Morgan fingerprint density at radius 1 is 1.18 bits per heavy atom. The van der Waals surface area contributed by atoms with Crippen LogP contribution in [-0.2, 0) is 31.1 Å². The number of esters is 2. The van der Waals surface area contributed by atoms with Crippen LogP contribution in [0.2, 0.25) is 0 Å². The second-order valence-electron chi connectivity index (χ2n) is 7.60. The van der Waals surface area contributed by atoms with Crippen LogP contribution in [0.25, 0.3) is 0 Å². The molecule has 0 aromatic heterocycles. The number of rotatable bonds is 2. The lowest BCUT2D eigenvalue weighted by atomic mass is 9.69. The van der Waals surface area contributed by atoms with Gasteiger partial charge in [0, 0.05) is 45.8 Å². The Morgan fingerprint density at radius 2 is 1.96 bits per heavy atom. The van der Waals surface area contributed by atoms with Crippen LogP contribution in [0.3, 0.4) is 0 Å². The van der Waals surface area contributed by atoms with Crippen molar-refractivity contribution in [1.29, 1.82) is 0 Å². The quantitative estimate of drug-likeness (QED) is 0.441. The molecule has 3 atom stereocenters. The molecule has 1 aliphatic carbocycles. The first-order valence-electron chi connectivity index (χ1n) is 9.43. The average molecular weight is 385 g/mol. The highest BCUT2D eigenvalue weighted by Gasteiger charge is 2.53. The van der Waals surface area contributed by atoms with Gasteiger partial charge in [-0.15, -0.1) is 0 Å². The van der Waals surface area contributed by atoms with E-state index in [2.05, 4.69) is 0 Å². The Morgan fingerprint density at radius 3 is 2.64 bits per heavy atom. The topological polar surface area (TPSA) is 82.1 Å². The summed E-state index contributed by atoms with van der Waals surface area (Å²) in [6.45, 7) is 5.38. The van der Waals surface area contributed by atoms with Crippen LogP contribution in [0.1, 0.15) is 44.7 Å². The van der Waals surface area contributed by atoms with Crippen molar-refractivity contribution in [2.24, 2.45) is 0 Å². The van der Waals surface area contributed by atoms with Crippen molar-refractivity contribution in [3.63, 3.8) is 0 Å². The van der Waals surface area contributed by atoms with Crippen molar-refractivity contribution < 1.29 is 28.6 Å². The van der Waals surface area contributed by atoms with Crippen LogP contribution in [0.5, 0.6) is 11.5 Å². The second kappa shape index (κ2) is 6.65. The maximum atomic E-state index is 12.1. The molecule has 1 aromatic carbocycles. The van der Waals surface area contributed by atoms with Gasteiger partial charge >= 0.3 is 11.9 Å². The average Bonchev–Trinajstić information content (AvgIpc) is 2.84. The van der Waals surface area contributed by atoms with Gasteiger partial charge < -0.3 is 19.1 Å². The Labute approximate surface area is 163 Å². The molecule has 1 amide bonds. The molecule has 0 saturated carbocycles. The number of nitrogens with zero attached hydrogens (tertiary/aromatic N) is 1. The van der Waals surface area contributed by atoms with E-state index >= 15 is 0 Å². The van der Waals surface area contributed by atoms with Crippen molar-refractivity contribution in [1.82, 2.24) is 4.90 Å². The minimum absolute atomic E-state index is 0.0178. The first-order chi connectivity index (χ1) is 13.3. The summed E-state index contributed by atoms with van der Waals surface area (Å²) in [6.07, 6.45) is 4.51. The van der Waals surface area contributed by atoms with Crippen molar-refractivity contribution in [3.05, 3.63) is 35.4 Å². The van der Waals surface area contributed by atoms with Crippen molar-refractivity contribution in [3.8, 4) is 11.5 Å². The molecule has 148 valence electrons. The first kappa shape index (κ1) is 18.5. The fraction of sp³-hybridized carbons (Fsp3) is 0.476. The van der Waals surface area contributed by atoms with Crippen LogP contribution in [-0.4, -0.2) is 41.5 Å². The van der Waals surface area contributed by atoms with Gasteiger partial charge in [-0.2, -0.15) is 0 Å². The summed E-state index contributed by atoms with van der Waals surface area (Å²) in [5.74, 6) is 0.191. The van der Waals surface area contributed by atoms with E-state index in [4.69, 9.17) is 14.2 Å². The third-order valence-corrected chi connectivity index (χ3v) is 5.74. The molecule has 0 radical (unpaired) electrons. The van der Waals surface area contributed by atoms with Gasteiger partial charge in [0.2, 0.25) is 5.91 Å². The molecule has 2 heterocycles. The van der Waals surface area contributed by atoms with E-state index in [0.717, 1.165) is 11.1 Å². The number of carbonyl (C=O) groups is 3. The Hall–Kier alpha value is -2.83. The lowest BCUT2D eigenvalue weighted by molar-refractivity contribution is -0.145. The lowest BCUT2D eigenvalue weighted by Crippen LogP contribution is -2.44. The number of hydrogen-bond acceptors (Lipinski definition) is 6. The van der Waals surface area contributed by atoms with Crippen LogP contribution >= 0.6 is 0 Å². The standard InChI is InChI=1S/C21H23NO6/c1-12(23)22-9-8-21-7-6-16(26-13(2)24)10-18(21)28-20-17(27-14(3)25)5-4-15(11-22)19(20)21/h4-7,16,18H,8-11H2,1-3H3/t16-,18-,21-/m0/s1. The largest absolute Gasteiger partial charge is 0.485 e. The van der Waals surface area contributed by atoms with Crippen molar-refractivity contribution in [2.45, 2.75) is 57.8 Å². The molecule has 0 bridgehead atoms. The summed E-state index contributed by atoms with van der Waals surface area (Å²) >= 11 is 0. The van der Waals surface area contributed by atoms with Crippen LogP contribution in [0, 0.1) is 0 Å². The number of carbonyl (C=O) groups excluding carboxylic acids is 3. The van der Waals surface area contributed by atoms with Crippen LogP contribution in [0.4, 0.5) is 0 Å². The molecule has 28 heavy (non-hydrogen) atoms. The zero-order chi connectivity index (χ0) is 20.1. The van der Waals surface area contributed by atoms with Crippen LogP contribution in [0.15, 0.2) is 24.3 Å². The van der Waals surface area contributed by atoms with Gasteiger partial charge in [0.1, 0.15) is 12.2 Å². The maximum Gasteiger partial charge on any atom is 0.308 e. The molecule has 1 spiro atoms. The van der Waals surface area contributed by atoms with E-state index in [1.165, 1.54) is 13.8 Å². The molecule has 0 N–H and O–H groups in total. The highest BCUT2D eigenvalue weighted by molar-refractivity contribution is 5.75. The van der Waals surface area contributed by atoms with E-state index in [-0.39, 0.29) is 24.1 Å². The summed E-state index contributed by atoms with van der Waals surface area (Å²) < 4.78 is 17.0. The molecule has 2 aliphatic heterocycles. The molecular formula is C21H23NO6. The number of ether oxygens (including phenoxy) is 3. The smallest absolute Gasteiger partial charge is 0.308 e. The third-order valence-electron chi connectivity index (χ3n) is 5.74. The minimum atomic E-state index is -0.443. The summed E-state index contributed by atoms with van der Waals surface area (Å²) in [7, 11) is 0. The normalized spacial score (nSPS) is 27.2. The van der Waals surface area contributed by atoms with Crippen molar-refractivity contribution in [2.75, 3.05) is 6.54 Å². The van der Waals surface area contributed by atoms with Gasteiger partial charge in [-0.1, -0.05) is 12.1 Å². The van der Waals surface area contributed by atoms with Crippen LogP contribution < -0.4 is 9.47 Å². The molecule has 4 rings (SSSR count). The molecule has 7 heteroatoms. The molecule has 1 aromatic rings. The highest BCUT2D eigenvalue weighted by Crippen LogP contribution is 2.56. The van der Waals surface area contributed by atoms with Gasteiger partial charge in [0.05, 0.1) is 5.41 Å². The summed E-state index contributed by atoms with van der Waals surface area (Å²) in [5.41, 5.74) is 1.51. The van der Waals surface area contributed by atoms with E-state index in [1.54, 1.807) is 13.0 Å². The Bertz CT molecular complexity index is 891. The van der Waals surface area contributed by atoms with E-state index in [0.29, 0.717) is 37.4 Å². The zero-order valence-corrected chi connectivity index (χ0v) is 16.2. The maximum absolute atomic E-state index is 12.1. The SMILES string of the molecule is CC(=O)Oc1ccc2c3c1O[C@H]1C[C@@H](OC(C)=O)C=C[C@@]31CCN(C(C)=O)C2. The fourth-order valence-corrected chi connectivity index (χ4v) is 4.57. The number of amides is 1. The molecule has 0 fully saturated rings. The Balaban J connectivity index is 1.82. The molecule has 0 saturated heterocycles. The molecule has 3 aliphatic rings.